The second-order valence-electron chi connectivity index (χ2n) is 8.52. The Labute approximate surface area is 177 Å². The van der Waals surface area contributed by atoms with Crippen LogP contribution in [0.15, 0.2) is 16.7 Å². The summed E-state index contributed by atoms with van der Waals surface area (Å²) in [4.78, 5) is 4.39. The molecule has 0 saturated heterocycles. The number of nitrogens with zero attached hydrogens (tertiary/aromatic N) is 6. The molecule has 8 heteroatoms. The minimum atomic E-state index is 0.375. The highest BCUT2D eigenvalue weighted by Gasteiger charge is 2.29. The normalized spacial score (nSPS) is 18.9. The van der Waals surface area contributed by atoms with Crippen LogP contribution in [-0.2, 0) is 0 Å². The first kappa shape index (κ1) is 21.3. The first-order chi connectivity index (χ1) is 13.2. The molecule has 0 radical (unpaired) electrons. The number of rotatable bonds is 6. The molecule has 0 bridgehead atoms. The smallest absolute Gasteiger partial charge is 0.145 e. The maximum absolute atomic E-state index is 5.73. The molecule has 156 valence electrons. The van der Waals surface area contributed by atoms with Crippen LogP contribution in [0.3, 0.4) is 0 Å². The Balaban J connectivity index is 0.000000161. The molecule has 7 nitrogen and oxygen atoms in total. The molecule has 4 rings (SSSR count). The first-order valence-corrected chi connectivity index (χ1v) is 10.9. The summed E-state index contributed by atoms with van der Waals surface area (Å²) in [6.45, 7) is 4.39. The van der Waals surface area contributed by atoms with Gasteiger partial charge in [-0.2, -0.15) is 10.2 Å². The maximum Gasteiger partial charge on any atom is 0.145 e. The predicted molar refractivity (Wildman–Crippen MR) is 117 cm³/mol. The SMILES string of the molecule is CC(c1cc(Br)nn1C1CC1)N(C)C.CC(c1cc(N)nn1C1CC1)N(C)C. The van der Waals surface area contributed by atoms with E-state index in [1.54, 1.807) is 0 Å². The van der Waals surface area contributed by atoms with Gasteiger partial charge in [0.05, 0.1) is 23.5 Å². The van der Waals surface area contributed by atoms with E-state index in [1.165, 1.54) is 37.1 Å². The highest BCUT2D eigenvalue weighted by molar-refractivity contribution is 9.10. The highest BCUT2D eigenvalue weighted by atomic mass is 79.9. The number of hydrogen-bond donors (Lipinski definition) is 1. The van der Waals surface area contributed by atoms with Crippen molar-refractivity contribution in [3.05, 3.63) is 28.1 Å². The van der Waals surface area contributed by atoms with Crippen LogP contribution in [0.25, 0.3) is 0 Å². The number of nitrogen functional groups attached to an aromatic ring is 1. The summed E-state index contributed by atoms with van der Waals surface area (Å²) < 4.78 is 5.22. The van der Waals surface area contributed by atoms with Gasteiger partial charge in [-0.05, 0) is 89.7 Å². The maximum atomic E-state index is 5.73. The van der Waals surface area contributed by atoms with Gasteiger partial charge in [-0.3, -0.25) is 9.36 Å². The van der Waals surface area contributed by atoms with Gasteiger partial charge in [0.1, 0.15) is 10.4 Å². The molecule has 2 N–H and O–H groups in total. The van der Waals surface area contributed by atoms with Gasteiger partial charge >= 0.3 is 0 Å². The quantitative estimate of drug-likeness (QED) is 0.717. The average Bonchev–Trinajstić information content (AvgIpc) is 3.56. The number of anilines is 1. The van der Waals surface area contributed by atoms with E-state index in [4.69, 9.17) is 5.73 Å². The zero-order chi connectivity index (χ0) is 20.6. The average molecular weight is 452 g/mol. The molecule has 0 amide bonds. The molecular formula is C20H34BrN7. The van der Waals surface area contributed by atoms with Crippen LogP contribution < -0.4 is 5.73 Å². The summed E-state index contributed by atoms with van der Waals surface area (Å²) in [5.74, 6) is 0.639. The largest absolute Gasteiger partial charge is 0.382 e. The van der Waals surface area contributed by atoms with Gasteiger partial charge in [0, 0.05) is 18.2 Å². The lowest BCUT2D eigenvalue weighted by Gasteiger charge is -2.20. The molecular weight excluding hydrogens is 418 g/mol. The zero-order valence-corrected chi connectivity index (χ0v) is 19.5. The van der Waals surface area contributed by atoms with Crippen molar-refractivity contribution in [3.8, 4) is 0 Å². The third-order valence-electron chi connectivity index (χ3n) is 5.71. The van der Waals surface area contributed by atoms with Gasteiger partial charge in [0.15, 0.2) is 0 Å². The van der Waals surface area contributed by atoms with Gasteiger partial charge in [-0.25, -0.2) is 0 Å². The van der Waals surface area contributed by atoms with Crippen molar-refractivity contribution in [3.63, 3.8) is 0 Å². The molecule has 2 aliphatic carbocycles. The third kappa shape index (κ3) is 4.96. The Morgan fingerprint density at radius 1 is 0.893 bits per heavy atom. The molecule has 2 aromatic rings. The molecule has 2 aromatic heterocycles. The van der Waals surface area contributed by atoms with Crippen LogP contribution >= 0.6 is 15.9 Å². The highest BCUT2D eigenvalue weighted by Crippen LogP contribution is 2.38. The Bertz CT molecular complexity index is 720. The van der Waals surface area contributed by atoms with Crippen molar-refractivity contribution in [2.24, 2.45) is 0 Å². The van der Waals surface area contributed by atoms with Crippen molar-refractivity contribution in [1.82, 2.24) is 29.4 Å². The van der Waals surface area contributed by atoms with Crippen molar-refractivity contribution < 1.29 is 0 Å². The standard InChI is InChI=1S/C10H16BrN3.C10H18N4/c2*1-7(13(2)3)9-6-10(11)12-14(9)8-4-5-8/h6-8H,4-5H2,1-3H3;6-8H,4-5H2,1-3H3,(H2,11,12). The van der Waals surface area contributed by atoms with E-state index in [0.717, 1.165) is 4.60 Å². The van der Waals surface area contributed by atoms with Gasteiger partial charge in [-0.1, -0.05) is 0 Å². The molecule has 2 unspecified atom stereocenters. The Morgan fingerprint density at radius 3 is 1.75 bits per heavy atom. The molecule has 0 aromatic carbocycles. The Kier molecular flexibility index (Phi) is 6.51. The summed E-state index contributed by atoms with van der Waals surface area (Å²) in [5.41, 5.74) is 8.27. The zero-order valence-electron chi connectivity index (χ0n) is 17.9. The minimum Gasteiger partial charge on any atom is -0.382 e. The molecule has 2 heterocycles. The lowest BCUT2D eigenvalue weighted by Crippen LogP contribution is -2.20. The molecule has 2 fully saturated rings. The first-order valence-electron chi connectivity index (χ1n) is 10.1. The lowest BCUT2D eigenvalue weighted by atomic mass is 10.2. The second kappa shape index (κ2) is 8.55. The lowest BCUT2D eigenvalue weighted by molar-refractivity contribution is 0.303. The van der Waals surface area contributed by atoms with Gasteiger partial charge in [-0.15, -0.1) is 0 Å². The fourth-order valence-corrected chi connectivity index (χ4v) is 3.59. The van der Waals surface area contributed by atoms with Crippen molar-refractivity contribution in [2.45, 2.75) is 63.7 Å². The molecule has 0 spiro atoms. The third-order valence-corrected chi connectivity index (χ3v) is 6.10. The summed E-state index contributed by atoms with van der Waals surface area (Å²) in [6.07, 6.45) is 5.05. The summed E-state index contributed by atoms with van der Waals surface area (Å²) in [5, 5.41) is 8.83. The fraction of sp³-hybridized carbons (Fsp3) is 0.700. The number of hydrogen-bond acceptors (Lipinski definition) is 5. The fourth-order valence-electron chi connectivity index (χ4n) is 3.18. The van der Waals surface area contributed by atoms with Crippen LogP contribution in [0.4, 0.5) is 5.82 Å². The van der Waals surface area contributed by atoms with Crippen molar-refractivity contribution >= 4 is 21.7 Å². The number of halogens is 1. The van der Waals surface area contributed by atoms with E-state index < -0.39 is 0 Å². The van der Waals surface area contributed by atoms with E-state index >= 15 is 0 Å². The van der Waals surface area contributed by atoms with E-state index in [9.17, 15) is 0 Å². The van der Waals surface area contributed by atoms with Crippen LogP contribution in [-0.4, -0.2) is 57.6 Å². The number of aromatic nitrogens is 4. The van der Waals surface area contributed by atoms with Gasteiger partial charge < -0.3 is 15.5 Å². The van der Waals surface area contributed by atoms with Gasteiger partial charge in [0.25, 0.3) is 0 Å². The van der Waals surface area contributed by atoms with E-state index in [1.807, 2.05) is 6.07 Å². The molecule has 2 aliphatic rings. The van der Waals surface area contributed by atoms with Crippen molar-refractivity contribution in [1.29, 1.82) is 0 Å². The Morgan fingerprint density at radius 2 is 1.32 bits per heavy atom. The summed E-state index contributed by atoms with van der Waals surface area (Å²) >= 11 is 3.45. The van der Waals surface area contributed by atoms with Crippen LogP contribution in [0.2, 0.25) is 0 Å². The molecule has 28 heavy (non-hydrogen) atoms. The van der Waals surface area contributed by atoms with Crippen molar-refractivity contribution in [2.75, 3.05) is 33.9 Å². The second-order valence-corrected chi connectivity index (χ2v) is 9.33. The van der Waals surface area contributed by atoms with Crippen LogP contribution in [0.1, 0.15) is 75.1 Å². The summed E-state index contributed by atoms with van der Waals surface area (Å²) in [7, 11) is 8.35. The van der Waals surface area contributed by atoms with Crippen LogP contribution in [0.5, 0.6) is 0 Å². The van der Waals surface area contributed by atoms with E-state index in [0.29, 0.717) is 30.0 Å². The van der Waals surface area contributed by atoms with E-state index in [-0.39, 0.29) is 0 Å². The molecule has 2 atom stereocenters. The predicted octanol–water partition coefficient (Wildman–Crippen LogP) is 4.03. The number of nitrogens with two attached hydrogens (primary N) is 1. The van der Waals surface area contributed by atoms with Gasteiger partial charge in [0.2, 0.25) is 0 Å². The molecule has 0 aliphatic heterocycles. The minimum absolute atomic E-state index is 0.375. The van der Waals surface area contributed by atoms with Crippen LogP contribution in [0, 0.1) is 0 Å². The molecule has 2 saturated carbocycles. The monoisotopic (exact) mass is 451 g/mol. The Hall–Kier alpha value is -1.38. The topological polar surface area (TPSA) is 68.1 Å². The van der Waals surface area contributed by atoms with E-state index in [2.05, 4.69) is 93.4 Å². The summed E-state index contributed by atoms with van der Waals surface area (Å²) in [6, 6.07) is 6.17.